The molecule has 0 aliphatic carbocycles. The van der Waals surface area contributed by atoms with Gasteiger partial charge in [-0.3, -0.25) is 9.05 Å². The molecule has 0 aliphatic heterocycles. The number of hydrogen-bond acceptors (Lipinski definition) is 4. The molecule has 1 N–H and O–H groups in total. The van der Waals surface area contributed by atoms with Gasteiger partial charge in [-0.1, -0.05) is 44.1 Å². The van der Waals surface area contributed by atoms with Crippen molar-refractivity contribution < 1.29 is 23.0 Å². The molecule has 23 heavy (non-hydrogen) atoms. The van der Waals surface area contributed by atoms with E-state index in [0.29, 0.717) is 24.1 Å². The fourth-order valence-corrected chi connectivity index (χ4v) is 2.72. The summed E-state index contributed by atoms with van der Waals surface area (Å²) in [6, 6.07) is 0. The number of likely N-dealkylation sites (N-methyl/N-ethyl adjacent to an activating group) is 1. The number of rotatable bonds is 15. The molecule has 0 bridgehead atoms. The first-order valence-electron chi connectivity index (χ1n) is 8.28. The first-order valence-corrected chi connectivity index (χ1v) is 9.77. The molecule has 9 heteroatoms. The maximum Gasteiger partial charge on any atom is 0.472 e. The van der Waals surface area contributed by atoms with Gasteiger partial charge in [0.2, 0.25) is 0 Å². The number of phosphoric acid groups is 1. The van der Waals surface area contributed by atoms with E-state index in [4.69, 9.17) is 14.6 Å². The molecular weight excluding hydrogens is 319 g/mol. The fourth-order valence-electron chi connectivity index (χ4n) is 1.97. The lowest BCUT2D eigenvalue weighted by Crippen LogP contribution is -2.44. The Morgan fingerprint density at radius 2 is 1.70 bits per heavy atom. The van der Waals surface area contributed by atoms with Gasteiger partial charge in [0, 0.05) is 4.91 Å². The lowest BCUT2D eigenvalue weighted by atomic mass is 10.1. The highest BCUT2D eigenvalue weighted by Crippen LogP contribution is 2.43. The van der Waals surface area contributed by atoms with E-state index < -0.39 is 7.82 Å². The van der Waals surface area contributed by atoms with Gasteiger partial charge in [-0.2, -0.15) is 0 Å². The van der Waals surface area contributed by atoms with E-state index in [9.17, 15) is 9.46 Å². The van der Waals surface area contributed by atoms with Gasteiger partial charge >= 0.3 is 7.82 Å². The van der Waals surface area contributed by atoms with E-state index in [-0.39, 0.29) is 13.2 Å². The summed E-state index contributed by atoms with van der Waals surface area (Å²) in [6.07, 6.45) is 6.54. The quantitative estimate of drug-likeness (QED) is 0.121. The predicted octanol–water partition coefficient (Wildman–Crippen LogP) is 3.87. The van der Waals surface area contributed by atoms with E-state index in [0.717, 1.165) is 19.3 Å². The summed E-state index contributed by atoms with van der Waals surface area (Å²) in [5.74, 6) is 0. The smallest absolute Gasteiger partial charge is 0.326 e. The Hall–Kier alpha value is -0.620. The zero-order valence-corrected chi connectivity index (χ0v) is 15.6. The van der Waals surface area contributed by atoms with Crippen LogP contribution in [0.25, 0.3) is 10.4 Å². The summed E-state index contributed by atoms with van der Waals surface area (Å²) < 4.78 is 22.2. The van der Waals surface area contributed by atoms with Crippen molar-refractivity contribution in [1.29, 1.82) is 0 Å². The van der Waals surface area contributed by atoms with Crippen LogP contribution in [-0.4, -0.2) is 56.3 Å². The van der Waals surface area contributed by atoms with Crippen molar-refractivity contribution in [3.63, 3.8) is 0 Å². The molecular formula is C14H32N4O4P+. The molecule has 0 aromatic rings. The van der Waals surface area contributed by atoms with Crippen molar-refractivity contribution in [3.05, 3.63) is 10.4 Å². The Morgan fingerprint density at radius 1 is 1.09 bits per heavy atom. The summed E-state index contributed by atoms with van der Waals surface area (Å²) in [5.41, 5.74) is 8.25. The second-order valence-electron chi connectivity index (χ2n) is 6.24. The zero-order valence-electron chi connectivity index (χ0n) is 14.7. The topological polar surface area (TPSA) is 105 Å². The second kappa shape index (κ2) is 12.8. The van der Waals surface area contributed by atoms with Crippen molar-refractivity contribution in [2.75, 3.05) is 46.9 Å². The van der Waals surface area contributed by atoms with Crippen LogP contribution in [0.15, 0.2) is 5.11 Å². The number of nitrogens with zero attached hydrogens (tertiary/aromatic N) is 4. The highest BCUT2D eigenvalue weighted by Gasteiger charge is 2.23. The summed E-state index contributed by atoms with van der Waals surface area (Å²) in [6.45, 7) is 4.09. The highest BCUT2D eigenvalue weighted by atomic mass is 31.2. The van der Waals surface area contributed by atoms with Crippen molar-refractivity contribution >= 4 is 7.82 Å². The molecule has 136 valence electrons. The maximum absolute atomic E-state index is 11.7. The van der Waals surface area contributed by atoms with Gasteiger partial charge < -0.3 is 9.38 Å². The summed E-state index contributed by atoms with van der Waals surface area (Å²) in [4.78, 5) is 12.3. The van der Waals surface area contributed by atoms with Gasteiger partial charge in [0.15, 0.2) is 0 Å². The Labute approximate surface area is 139 Å². The molecule has 0 radical (unpaired) electrons. The minimum Gasteiger partial charge on any atom is -0.326 e. The van der Waals surface area contributed by atoms with Crippen LogP contribution >= 0.6 is 7.82 Å². The van der Waals surface area contributed by atoms with Gasteiger partial charge in [-0.15, -0.1) is 0 Å². The lowest BCUT2D eigenvalue weighted by molar-refractivity contribution is -0.888. The van der Waals surface area contributed by atoms with Crippen LogP contribution in [0.4, 0.5) is 0 Å². The van der Waals surface area contributed by atoms with Crippen LogP contribution in [0.5, 0.6) is 0 Å². The van der Waals surface area contributed by atoms with Gasteiger partial charge in [0.25, 0.3) is 0 Å². The molecule has 0 saturated carbocycles. The van der Waals surface area contributed by atoms with Gasteiger partial charge in [0.1, 0.15) is 13.2 Å². The zero-order chi connectivity index (χ0) is 17.6. The van der Waals surface area contributed by atoms with E-state index in [1.807, 2.05) is 14.1 Å². The van der Waals surface area contributed by atoms with Crippen molar-refractivity contribution in [3.8, 4) is 0 Å². The fraction of sp³-hybridized carbons (Fsp3) is 1.00. The van der Waals surface area contributed by atoms with Crippen LogP contribution < -0.4 is 0 Å². The average Bonchev–Trinajstić information content (AvgIpc) is 2.46. The van der Waals surface area contributed by atoms with Gasteiger partial charge in [-0.05, 0) is 12.0 Å². The van der Waals surface area contributed by atoms with Crippen molar-refractivity contribution in [2.24, 2.45) is 5.11 Å². The van der Waals surface area contributed by atoms with Crippen LogP contribution in [0.2, 0.25) is 0 Å². The minimum absolute atomic E-state index is 0.119. The van der Waals surface area contributed by atoms with Crippen LogP contribution in [0.3, 0.4) is 0 Å². The largest absolute Gasteiger partial charge is 0.472 e. The number of azide groups is 1. The van der Waals surface area contributed by atoms with Crippen LogP contribution in [0.1, 0.15) is 45.4 Å². The Morgan fingerprint density at radius 3 is 2.35 bits per heavy atom. The normalized spacial score (nSPS) is 14.3. The third kappa shape index (κ3) is 14.7. The van der Waals surface area contributed by atoms with E-state index in [1.54, 1.807) is 0 Å². The van der Waals surface area contributed by atoms with E-state index >= 15 is 0 Å². The van der Waals surface area contributed by atoms with Gasteiger partial charge in [-0.25, -0.2) is 4.57 Å². The van der Waals surface area contributed by atoms with Gasteiger partial charge in [0.05, 0.1) is 33.8 Å². The standard InChI is InChI=1S/C14H31N4O4P/c1-4-5-6-7-8-9-13-21-23(19,20)22-14-12-18(2,3)11-10-16-17-15/h4-14H2,1-3H3/p+1. The monoisotopic (exact) mass is 351 g/mol. The number of hydrogen-bond donors (Lipinski definition) is 1. The summed E-state index contributed by atoms with van der Waals surface area (Å²) in [5, 5.41) is 3.49. The lowest BCUT2D eigenvalue weighted by Gasteiger charge is -2.29. The van der Waals surface area contributed by atoms with Crippen molar-refractivity contribution in [2.45, 2.75) is 45.4 Å². The number of quaternary nitrogens is 1. The first-order chi connectivity index (χ1) is 10.8. The molecule has 1 unspecified atom stereocenters. The molecule has 0 amide bonds. The molecule has 0 fully saturated rings. The Balaban J connectivity index is 3.78. The molecule has 0 aromatic carbocycles. The van der Waals surface area contributed by atoms with Crippen LogP contribution in [0, 0.1) is 0 Å². The second-order valence-corrected chi connectivity index (χ2v) is 7.69. The molecule has 0 saturated heterocycles. The predicted molar refractivity (Wildman–Crippen MR) is 91.0 cm³/mol. The van der Waals surface area contributed by atoms with Crippen LogP contribution in [-0.2, 0) is 13.6 Å². The molecule has 0 spiro atoms. The maximum atomic E-state index is 11.7. The Kier molecular flexibility index (Phi) is 12.4. The summed E-state index contributed by atoms with van der Waals surface area (Å²) in [7, 11) is -0.0832. The average molecular weight is 351 g/mol. The first kappa shape index (κ1) is 22.4. The molecule has 0 aromatic heterocycles. The van der Waals surface area contributed by atoms with E-state index in [2.05, 4.69) is 16.9 Å². The minimum atomic E-state index is -3.96. The summed E-state index contributed by atoms with van der Waals surface area (Å²) >= 11 is 0. The van der Waals surface area contributed by atoms with E-state index in [1.165, 1.54) is 19.3 Å². The molecule has 8 nitrogen and oxygen atoms in total. The number of phosphoric ester groups is 1. The molecule has 1 atom stereocenters. The SMILES string of the molecule is CCCCCCCCOP(=O)(O)OCC[N+](C)(C)CCN=[N+]=[N-]. The third-order valence-corrected chi connectivity index (χ3v) is 4.59. The van der Waals surface area contributed by atoms with Crippen molar-refractivity contribution in [1.82, 2.24) is 0 Å². The molecule has 0 rings (SSSR count). The molecule has 0 aliphatic rings. The Bertz CT molecular complexity index is 400. The highest BCUT2D eigenvalue weighted by molar-refractivity contribution is 7.47. The third-order valence-electron chi connectivity index (χ3n) is 3.57. The number of unbranched alkanes of at least 4 members (excludes halogenated alkanes) is 5. The molecule has 0 heterocycles.